The Morgan fingerprint density at radius 1 is 1.38 bits per heavy atom. The molecule has 1 aromatic heterocycles. The first-order valence-electron chi connectivity index (χ1n) is 7.74. The van der Waals surface area contributed by atoms with Crippen molar-refractivity contribution >= 4 is 6.03 Å². The zero-order chi connectivity index (χ0) is 15.1. The highest BCUT2D eigenvalue weighted by molar-refractivity contribution is 5.73. The van der Waals surface area contributed by atoms with E-state index >= 15 is 0 Å². The van der Waals surface area contributed by atoms with E-state index in [4.69, 9.17) is 0 Å². The van der Waals surface area contributed by atoms with Gasteiger partial charge in [0.15, 0.2) is 0 Å². The second kappa shape index (κ2) is 7.40. The van der Waals surface area contributed by atoms with Crippen LogP contribution in [0.4, 0.5) is 4.79 Å². The van der Waals surface area contributed by atoms with Crippen molar-refractivity contribution in [1.82, 2.24) is 25.4 Å². The van der Waals surface area contributed by atoms with Crippen molar-refractivity contribution in [3.63, 3.8) is 0 Å². The highest BCUT2D eigenvalue weighted by Gasteiger charge is 2.29. The van der Waals surface area contributed by atoms with Crippen LogP contribution in [0.3, 0.4) is 0 Å². The maximum Gasteiger partial charge on any atom is 0.314 e. The molecule has 1 heterocycles. The van der Waals surface area contributed by atoms with E-state index in [1.54, 1.807) is 6.33 Å². The Morgan fingerprint density at radius 2 is 2.14 bits per heavy atom. The Hall–Kier alpha value is -1.63. The third-order valence-corrected chi connectivity index (χ3v) is 4.01. The summed E-state index contributed by atoms with van der Waals surface area (Å²) >= 11 is 0. The van der Waals surface area contributed by atoms with Crippen molar-refractivity contribution in [3.8, 4) is 0 Å². The van der Waals surface area contributed by atoms with E-state index in [0.29, 0.717) is 19.6 Å². The molecule has 1 aromatic rings. The van der Waals surface area contributed by atoms with Crippen LogP contribution in [0.15, 0.2) is 6.33 Å². The summed E-state index contributed by atoms with van der Waals surface area (Å²) in [4.78, 5) is 11.7. The Labute approximate surface area is 125 Å². The summed E-state index contributed by atoms with van der Waals surface area (Å²) in [6.07, 6.45) is 7.28. The van der Waals surface area contributed by atoms with E-state index < -0.39 is 5.60 Å². The van der Waals surface area contributed by atoms with Crippen LogP contribution in [0, 0.1) is 0 Å². The predicted molar refractivity (Wildman–Crippen MR) is 78.8 cm³/mol. The Kier molecular flexibility index (Phi) is 5.55. The summed E-state index contributed by atoms with van der Waals surface area (Å²) in [6.45, 7) is 3.50. The second-order valence-corrected chi connectivity index (χ2v) is 5.69. The number of aromatic nitrogens is 3. The van der Waals surface area contributed by atoms with Crippen molar-refractivity contribution in [3.05, 3.63) is 12.2 Å². The van der Waals surface area contributed by atoms with Gasteiger partial charge >= 0.3 is 6.03 Å². The van der Waals surface area contributed by atoms with Crippen LogP contribution in [0.2, 0.25) is 0 Å². The molecule has 0 radical (unpaired) electrons. The largest absolute Gasteiger partial charge is 0.388 e. The lowest BCUT2D eigenvalue weighted by molar-refractivity contribution is 0.00720. The van der Waals surface area contributed by atoms with Gasteiger partial charge in [-0.25, -0.2) is 4.79 Å². The van der Waals surface area contributed by atoms with Crippen LogP contribution in [0.25, 0.3) is 0 Å². The Balaban J connectivity index is 1.65. The van der Waals surface area contributed by atoms with Crippen molar-refractivity contribution in [2.24, 2.45) is 0 Å². The normalized spacial score (nSPS) is 17.4. The van der Waals surface area contributed by atoms with Gasteiger partial charge in [-0.15, -0.1) is 10.2 Å². The molecule has 1 fully saturated rings. The highest BCUT2D eigenvalue weighted by Crippen LogP contribution is 2.27. The molecule has 0 aliphatic heterocycles. The smallest absolute Gasteiger partial charge is 0.314 e. The van der Waals surface area contributed by atoms with Crippen LogP contribution < -0.4 is 10.6 Å². The fourth-order valence-electron chi connectivity index (χ4n) is 2.72. The molecule has 0 atom stereocenters. The zero-order valence-electron chi connectivity index (χ0n) is 12.6. The number of hydrogen-bond acceptors (Lipinski definition) is 4. The molecule has 0 saturated heterocycles. The SMILES string of the molecule is CCc1nncn1CCNC(=O)NCC1(O)CCCCC1. The minimum atomic E-state index is -0.723. The second-order valence-electron chi connectivity index (χ2n) is 5.69. The van der Waals surface area contributed by atoms with Gasteiger partial charge < -0.3 is 20.3 Å². The van der Waals surface area contributed by atoms with Crippen molar-refractivity contribution in [2.75, 3.05) is 13.1 Å². The summed E-state index contributed by atoms with van der Waals surface area (Å²) in [5.41, 5.74) is -0.723. The lowest BCUT2D eigenvalue weighted by Crippen LogP contribution is -2.47. The molecule has 0 bridgehead atoms. The number of carbonyl (C=O) groups is 1. The number of urea groups is 1. The maximum atomic E-state index is 11.7. The summed E-state index contributed by atoms with van der Waals surface area (Å²) in [7, 11) is 0. The summed E-state index contributed by atoms with van der Waals surface area (Å²) in [5, 5.41) is 23.7. The van der Waals surface area contributed by atoms with Gasteiger partial charge in [0.1, 0.15) is 12.2 Å². The molecule has 1 saturated carbocycles. The summed E-state index contributed by atoms with van der Waals surface area (Å²) < 4.78 is 1.93. The van der Waals surface area contributed by atoms with Crippen molar-refractivity contribution in [1.29, 1.82) is 0 Å². The van der Waals surface area contributed by atoms with Crippen molar-refractivity contribution in [2.45, 2.75) is 57.6 Å². The van der Waals surface area contributed by atoms with Crippen LogP contribution >= 0.6 is 0 Å². The van der Waals surface area contributed by atoms with Gasteiger partial charge in [0.2, 0.25) is 0 Å². The molecule has 1 aliphatic rings. The van der Waals surface area contributed by atoms with Gasteiger partial charge in [0.05, 0.1) is 5.60 Å². The molecule has 7 heteroatoms. The number of nitrogens with zero attached hydrogens (tertiary/aromatic N) is 3. The molecule has 118 valence electrons. The maximum absolute atomic E-state index is 11.7. The highest BCUT2D eigenvalue weighted by atomic mass is 16.3. The lowest BCUT2D eigenvalue weighted by Gasteiger charge is -2.32. The number of amides is 2. The molecule has 2 amide bonds. The lowest BCUT2D eigenvalue weighted by atomic mass is 9.85. The van der Waals surface area contributed by atoms with E-state index in [0.717, 1.165) is 37.9 Å². The molecular formula is C14H25N5O2. The van der Waals surface area contributed by atoms with Gasteiger partial charge in [-0.3, -0.25) is 0 Å². The Morgan fingerprint density at radius 3 is 2.86 bits per heavy atom. The monoisotopic (exact) mass is 295 g/mol. The Bertz CT molecular complexity index is 454. The van der Waals surface area contributed by atoms with Gasteiger partial charge in [-0.2, -0.15) is 0 Å². The molecular weight excluding hydrogens is 270 g/mol. The van der Waals surface area contributed by atoms with E-state index in [9.17, 15) is 9.90 Å². The van der Waals surface area contributed by atoms with E-state index in [-0.39, 0.29) is 6.03 Å². The number of aliphatic hydroxyl groups is 1. The van der Waals surface area contributed by atoms with Crippen LogP contribution in [0.1, 0.15) is 44.9 Å². The third-order valence-electron chi connectivity index (χ3n) is 4.01. The average molecular weight is 295 g/mol. The van der Waals surface area contributed by atoms with Crippen molar-refractivity contribution < 1.29 is 9.90 Å². The molecule has 0 unspecified atom stereocenters. The van der Waals surface area contributed by atoms with Crippen LogP contribution in [0.5, 0.6) is 0 Å². The number of carbonyl (C=O) groups excluding carboxylic acids is 1. The first kappa shape index (κ1) is 15.8. The fraction of sp³-hybridized carbons (Fsp3) is 0.786. The number of hydrogen-bond donors (Lipinski definition) is 3. The minimum Gasteiger partial charge on any atom is -0.388 e. The first-order valence-corrected chi connectivity index (χ1v) is 7.74. The molecule has 21 heavy (non-hydrogen) atoms. The molecule has 0 aromatic carbocycles. The molecule has 1 aliphatic carbocycles. The number of aryl methyl sites for hydroxylation is 1. The molecule has 2 rings (SSSR count). The van der Waals surface area contributed by atoms with E-state index in [1.165, 1.54) is 6.42 Å². The predicted octanol–water partition coefficient (Wildman–Crippen LogP) is 0.835. The standard InChI is InChI=1S/C14H25N5O2/c1-2-12-18-17-11-19(12)9-8-15-13(20)16-10-14(21)6-4-3-5-7-14/h11,21H,2-10H2,1H3,(H2,15,16,20). The van der Waals surface area contributed by atoms with Gasteiger partial charge in [-0.1, -0.05) is 26.2 Å². The fourth-order valence-corrected chi connectivity index (χ4v) is 2.72. The number of rotatable bonds is 6. The van der Waals surface area contributed by atoms with Gasteiger partial charge in [-0.05, 0) is 12.8 Å². The van der Waals surface area contributed by atoms with E-state index in [2.05, 4.69) is 20.8 Å². The topological polar surface area (TPSA) is 92.1 Å². The third kappa shape index (κ3) is 4.70. The minimum absolute atomic E-state index is 0.236. The van der Waals surface area contributed by atoms with Gasteiger partial charge in [0, 0.05) is 26.1 Å². The zero-order valence-corrected chi connectivity index (χ0v) is 12.6. The van der Waals surface area contributed by atoms with Crippen LogP contribution in [-0.4, -0.2) is 44.6 Å². The van der Waals surface area contributed by atoms with Crippen LogP contribution in [-0.2, 0) is 13.0 Å². The van der Waals surface area contributed by atoms with E-state index in [1.807, 2.05) is 11.5 Å². The summed E-state index contributed by atoms with van der Waals surface area (Å²) in [6, 6.07) is -0.236. The molecule has 7 nitrogen and oxygen atoms in total. The molecule has 0 spiro atoms. The summed E-state index contributed by atoms with van der Waals surface area (Å²) in [5.74, 6) is 0.911. The quantitative estimate of drug-likeness (QED) is 0.725. The first-order chi connectivity index (χ1) is 10.1. The number of nitrogens with one attached hydrogen (secondary N) is 2. The van der Waals surface area contributed by atoms with Gasteiger partial charge in [0.25, 0.3) is 0 Å². The molecule has 3 N–H and O–H groups in total. The average Bonchev–Trinajstić information content (AvgIpc) is 2.94.